The molecule has 3 N–H and O–H groups in total. The van der Waals surface area contributed by atoms with Crippen molar-refractivity contribution in [2.24, 2.45) is 0 Å². The van der Waals surface area contributed by atoms with Gasteiger partial charge < -0.3 is 14.8 Å². The molecule has 0 radical (unpaired) electrons. The van der Waals surface area contributed by atoms with E-state index in [4.69, 9.17) is 9.79 Å². The molecule has 5 nitrogen and oxygen atoms in total. The molecular weight excluding hydrogens is 265 g/mol. The first kappa shape index (κ1) is 14.0. The molecule has 0 spiro atoms. The smallest absolute Gasteiger partial charge is 0.321 e. The van der Waals surface area contributed by atoms with Crippen LogP contribution < -0.4 is 10.9 Å². The van der Waals surface area contributed by atoms with E-state index in [1.807, 2.05) is 26.0 Å². The molecule has 0 aliphatic rings. The number of aromatic nitrogens is 1. The SMILES string of the molecule is CCc1cc2cc(P(=O)(O)O)c(=O)[nH]c2cc1CC. The van der Waals surface area contributed by atoms with Crippen LogP contribution in [0.1, 0.15) is 25.0 Å². The number of rotatable bonds is 3. The van der Waals surface area contributed by atoms with E-state index in [-0.39, 0.29) is 0 Å². The van der Waals surface area contributed by atoms with Crippen molar-refractivity contribution in [2.75, 3.05) is 0 Å². The van der Waals surface area contributed by atoms with E-state index < -0.39 is 18.5 Å². The van der Waals surface area contributed by atoms with Crippen LogP contribution in [0.25, 0.3) is 10.9 Å². The number of fused-ring (bicyclic) bond motifs is 1. The van der Waals surface area contributed by atoms with Gasteiger partial charge in [0, 0.05) is 5.52 Å². The molecular formula is C13H16NO4P. The molecule has 1 aromatic heterocycles. The number of hydrogen-bond donors (Lipinski definition) is 3. The average molecular weight is 281 g/mol. The normalized spacial score (nSPS) is 12.0. The van der Waals surface area contributed by atoms with Crippen molar-refractivity contribution in [1.82, 2.24) is 4.98 Å². The van der Waals surface area contributed by atoms with Crippen LogP contribution in [-0.2, 0) is 17.4 Å². The summed E-state index contributed by atoms with van der Waals surface area (Å²) in [7, 11) is -4.55. The lowest BCUT2D eigenvalue weighted by atomic mass is 10.00. The number of nitrogens with one attached hydrogen (secondary N) is 1. The zero-order valence-corrected chi connectivity index (χ0v) is 11.7. The molecule has 0 unspecified atom stereocenters. The topological polar surface area (TPSA) is 90.4 Å². The van der Waals surface area contributed by atoms with Gasteiger partial charge in [-0.25, -0.2) is 0 Å². The molecule has 2 aromatic rings. The Morgan fingerprint density at radius 1 is 1.11 bits per heavy atom. The summed E-state index contributed by atoms with van der Waals surface area (Å²) in [5.41, 5.74) is 2.14. The number of aromatic amines is 1. The molecule has 0 amide bonds. The Hall–Kier alpha value is -1.42. The second-order valence-corrected chi connectivity index (χ2v) is 6.01. The summed E-state index contributed by atoms with van der Waals surface area (Å²) < 4.78 is 11.2. The molecule has 2 rings (SSSR count). The van der Waals surface area contributed by atoms with Crippen molar-refractivity contribution in [2.45, 2.75) is 26.7 Å². The minimum atomic E-state index is -4.55. The summed E-state index contributed by atoms with van der Waals surface area (Å²) in [5, 5.41) is 0.165. The standard InChI is InChI=1S/C13H16NO4P/c1-3-8-5-10-7-12(19(16,17)18)13(15)14-11(10)6-9(8)4-2/h5-7H,3-4H2,1-2H3,(H,14,15)(H2,16,17,18). The van der Waals surface area contributed by atoms with Crippen LogP contribution in [0.2, 0.25) is 0 Å². The summed E-state index contributed by atoms with van der Waals surface area (Å²) in [4.78, 5) is 32.5. The number of aryl methyl sites for hydroxylation is 2. The number of pyridine rings is 1. The van der Waals surface area contributed by atoms with Gasteiger partial charge in [-0.1, -0.05) is 13.8 Å². The molecule has 1 heterocycles. The number of hydrogen-bond acceptors (Lipinski definition) is 2. The van der Waals surface area contributed by atoms with Crippen molar-refractivity contribution in [1.29, 1.82) is 0 Å². The van der Waals surface area contributed by atoms with E-state index in [0.717, 1.165) is 24.0 Å². The fourth-order valence-corrected chi connectivity index (χ4v) is 2.84. The molecule has 6 heteroatoms. The second-order valence-electron chi connectivity index (χ2n) is 4.44. The lowest BCUT2D eigenvalue weighted by Gasteiger charge is -2.10. The van der Waals surface area contributed by atoms with E-state index in [1.165, 1.54) is 6.07 Å². The van der Waals surface area contributed by atoms with Crippen LogP contribution in [0.3, 0.4) is 0 Å². The van der Waals surface area contributed by atoms with Crippen molar-refractivity contribution < 1.29 is 14.4 Å². The van der Waals surface area contributed by atoms with Gasteiger partial charge in [-0.05, 0) is 47.6 Å². The highest BCUT2D eigenvalue weighted by Crippen LogP contribution is 2.32. The minimum absolute atomic E-state index is 0.480. The van der Waals surface area contributed by atoms with Gasteiger partial charge >= 0.3 is 7.60 Å². The first-order valence-corrected chi connectivity index (χ1v) is 7.73. The van der Waals surface area contributed by atoms with Gasteiger partial charge in [0.2, 0.25) is 0 Å². The Kier molecular flexibility index (Phi) is 3.63. The maximum absolute atomic E-state index is 11.7. The predicted octanol–water partition coefficient (Wildman–Crippen LogP) is 1.46. The lowest BCUT2D eigenvalue weighted by molar-refractivity contribution is 0.387. The molecule has 19 heavy (non-hydrogen) atoms. The summed E-state index contributed by atoms with van der Waals surface area (Å²) in [6, 6.07) is 5.04. The van der Waals surface area contributed by atoms with Crippen LogP contribution in [-0.4, -0.2) is 14.8 Å². The van der Waals surface area contributed by atoms with Crippen LogP contribution in [0.15, 0.2) is 23.0 Å². The van der Waals surface area contributed by atoms with Crippen LogP contribution in [0, 0.1) is 0 Å². The monoisotopic (exact) mass is 281 g/mol. The Balaban J connectivity index is 2.80. The maximum Gasteiger partial charge on any atom is 0.361 e. The zero-order valence-electron chi connectivity index (χ0n) is 10.8. The molecule has 0 saturated heterocycles. The van der Waals surface area contributed by atoms with Crippen molar-refractivity contribution in [3.05, 3.63) is 39.7 Å². The minimum Gasteiger partial charge on any atom is -0.321 e. The van der Waals surface area contributed by atoms with Crippen molar-refractivity contribution in [3.63, 3.8) is 0 Å². The maximum atomic E-state index is 11.7. The highest BCUT2D eigenvalue weighted by Gasteiger charge is 2.22. The van der Waals surface area contributed by atoms with Gasteiger partial charge in [0.1, 0.15) is 5.30 Å². The third-order valence-corrected chi connectivity index (χ3v) is 4.18. The molecule has 0 saturated carbocycles. The highest BCUT2D eigenvalue weighted by atomic mass is 31.2. The summed E-state index contributed by atoms with van der Waals surface area (Å²) >= 11 is 0. The zero-order chi connectivity index (χ0) is 14.2. The van der Waals surface area contributed by atoms with Crippen LogP contribution in [0.4, 0.5) is 0 Å². The third-order valence-electron chi connectivity index (χ3n) is 3.22. The van der Waals surface area contributed by atoms with Crippen molar-refractivity contribution in [3.8, 4) is 0 Å². The van der Waals surface area contributed by atoms with Gasteiger partial charge in [-0.15, -0.1) is 0 Å². The van der Waals surface area contributed by atoms with E-state index in [0.29, 0.717) is 10.9 Å². The van der Waals surface area contributed by atoms with Gasteiger partial charge in [-0.2, -0.15) is 0 Å². The van der Waals surface area contributed by atoms with E-state index in [1.54, 1.807) is 0 Å². The fraction of sp³-hybridized carbons (Fsp3) is 0.308. The predicted molar refractivity (Wildman–Crippen MR) is 75.0 cm³/mol. The molecule has 0 atom stereocenters. The van der Waals surface area contributed by atoms with Gasteiger partial charge in [-0.3, -0.25) is 9.36 Å². The second kappa shape index (κ2) is 4.93. The third kappa shape index (κ3) is 2.63. The highest BCUT2D eigenvalue weighted by molar-refractivity contribution is 7.60. The Bertz CT molecular complexity index is 729. The first-order chi connectivity index (χ1) is 8.86. The van der Waals surface area contributed by atoms with Crippen molar-refractivity contribution >= 4 is 23.8 Å². The molecule has 0 fully saturated rings. The number of benzene rings is 1. The summed E-state index contributed by atoms with van der Waals surface area (Å²) in [6.07, 6.45) is 1.69. The Morgan fingerprint density at radius 3 is 2.21 bits per heavy atom. The van der Waals surface area contributed by atoms with Crippen LogP contribution in [0.5, 0.6) is 0 Å². The van der Waals surface area contributed by atoms with Gasteiger partial charge in [0.15, 0.2) is 0 Å². The first-order valence-electron chi connectivity index (χ1n) is 6.11. The molecule has 0 aliphatic heterocycles. The summed E-state index contributed by atoms with van der Waals surface area (Å²) in [6.45, 7) is 4.05. The van der Waals surface area contributed by atoms with Gasteiger partial charge in [0.25, 0.3) is 5.56 Å². The van der Waals surface area contributed by atoms with E-state index in [2.05, 4.69) is 4.98 Å². The van der Waals surface area contributed by atoms with E-state index in [9.17, 15) is 9.36 Å². The van der Waals surface area contributed by atoms with Crippen LogP contribution >= 0.6 is 7.60 Å². The molecule has 1 aromatic carbocycles. The molecule has 102 valence electrons. The number of H-pyrrole nitrogens is 1. The average Bonchev–Trinajstić information content (AvgIpc) is 2.35. The quantitative estimate of drug-likeness (QED) is 0.743. The molecule has 0 bridgehead atoms. The largest absolute Gasteiger partial charge is 0.361 e. The van der Waals surface area contributed by atoms with Gasteiger partial charge in [0.05, 0.1) is 0 Å². The fourth-order valence-electron chi connectivity index (χ4n) is 2.21. The Morgan fingerprint density at radius 2 is 1.68 bits per heavy atom. The van der Waals surface area contributed by atoms with E-state index >= 15 is 0 Å². The summed E-state index contributed by atoms with van der Waals surface area (Å²) in [5.74, 6) is 0. The Labute approximate surface area is 110 Å². The lowest BCUT2D eigenvalue weighted by Crippen LogP contribution is -2.26. The molecule has 0 aliphatic carbocycles.